The summed E-state index contributed by atoms with van der Waals surface area (Å²) in [7, 11) is 0. The number of nitro benzene ring substituents is 1. The number of aryl methyl sites for hydroxylation is 2. The van der Waals surface area contributed by atoms with Gasteiger partial charge in [0.25, 0.3) is 5.69 Å². The van der Waals surface area contributed by atoms with Crippen LogP contribution >= 0.6 is 0 Å². The number of fused-ring (bicyclic) bond motifs is 1. The molecule has 0 radical (unpaired) electrons. The second kappa shape index (κ2) is 4.45. The first-order chi connectivity index (χ1) is 9.54. The Kier molecular flexibility index (Phi) is 2.75. The van der Waals surface area contributed by atoms with Gasteiger partial charge in [-0.05, 0) is 49.2 Å². The van der Waals surface area contributed by atoms with Crippen molar-refractivity contribution in [1.82, 2.24) is 9.97 Å². The first-order valence-corrected chi connectivity index (χ1v) is 6.26. The number of aromatic amines is 1. The summed E-state index contributed by atoms with van der Waals surface area (Å²) in [5.74, 6) is 0.722. The summed E-state index contributed by atoms with van der Waals surface area (Å²) in [5.41, 5.74) is 5.19. The maximum absolute atomic E-state index is 10.6. The number of aromatic nitrogens is 2. The number of non-ortho nitro benzene ring substituents is 1. The Hall–Kier alpha value is -2.69. The van der Waals surface area contributed by atoms with E-state index in [1.54, 1.807) is 12.1 Å². The lowest BCUT2D eigenvalue weighted by molar-refractivity contribution is -0.384. The van der Waals surface area contributed by atoms with Gasteiger partial charge in [-0.2, -0.15) is 0 Å². The predicted molar refractivity (Wildman–Crippen MR) is 77.7 cm³/mol. The van der Waals surface area contributed by atoms with Gasteiger partial charge in [-0.15, -0.1) is 0 Å². The molecule has 20 heavy (non-hydrogen) atoms. The van der Waals surface area contributed by atoms with Gasteiger partial charge in [-0.25, -0.2) is 4.98 Å². The summed E-state index contributed by atoms with van der Waals surface area (Å²) in [6.07, 6.45) is 0. The predicted octanol–water partition coefficient (Wildman–Crippen LogP) is 3.75. The quantitative estimate of drug-likeness (QED) is 0.567. The number of nitro groups is 1. The van der Waals surface area contributed by atoms with Crippen LogP contribution in [0.3, 0.4) is 0 Å². The average Bonchev–Trinajstić information content (AvgIpc) is 2.82. The lowest BCUT2D eigenvalue weighted by Gasteiger charge is -1.97. The monoisotopic (exact) mass is 267 g/mol. The highest BCUT2D eigenvalue weighted by Gasteiger charge is 2.09. The smallest absolute Gasteiger partial charge is 0.269 e. The first kappa shape index (κ1) is 12.3. The van der Waals surface area contributed by atoms with Gasteiger partial charge in [-0.3, -0.25) is 10.1 Å². The van der Waals surface area contributed by atoms with Gasteiger partial charge in [0.15, 0.2) is 0 Å². The van der Waals surface area contributed by atoms with Crippen molar-refractivity contribution in [3.63, 3.8) is 0 Å². The van der Waals surface area contributed by atoms with Gasteiger partial charge in [0, 0.05) is 17.7 Å². The van der Waals surface area contributed by atoms with Gasteiger partial charge in [0.05, 0.1) is 16.0 Å². The van der Waals surface area contributed by atoms with Crippen LogP contribution in [0.4, 0.5) is 5.69 Å². The summed E-state index contributed by atoms with van der Waals surface area (Å²) in [6.45, 7) is 4.11. The molecule has 0 saturated heterocycles. The maximum Gasteiger partial charge on any atom is 0.269 e. The zero-order valence-electron chi connectivity index (χ0n) is 11.2. The van der Waals surface area contributed by atoms with E-state index in [0.717, 1.165) is 22.4 Å². The van der Waals surface area contributed by atoms with Crippen LogP contribution in [0, 0.1) is 24.0 Å². The summed E-state index contributed by atoms with van der Waals surface area (Å²) in [5, 5.41) is 10.6. The van der Waals surface area contributed by atoms with Crippen molar-refractivity contribution in [2.45, 2.75) is 13.8 Å². The van der Waals surface area contributed by atoms with E-state index in [4.69, 9.17) is 0 Å². The van der Waals surface area contributed by atoms with Gasteiger partial charge in [0.1, 0.15) is 5.82 Å². The largest absolute Gasteiger partial charge is 0.338 e. The number of nitrogens with one attached hydrogen (secondary N) is 1. The number of benzene rings is 2. The Balaban J connectivity index is 2.07. The first-order valence-electron chi connectivity index (χ1n) is 6.26. The minimum Gasteiger partial charge on any atom is -0.338 e. The molecule has 0 atom stereocenters. The van der Waals surface area contributed by atoms with Crippen molar-refractivity contribution in [2.75, 3.05) is 0 Å². The highest BCUT2D eigenvalue weighted by Crippen LogP contribution is 2.24. The molecular formula is C15H13N3O2. The van der Waals surface area contributed by atoms with E-state index in [-0.39, 0.29) is 5.69 Å². The zero-order chi connectivity index (χ0) is 14.3. The number of nitrogens with zero attached hydrogens (tertiary/aromatic N) is 2. The SMILES string of the molecule is Cc1cc2nc(-c3ccc([N+](=O)[O-])cc3)[nH]c2cc1C. The molecule has 0 aliphatic heterocycles. The van der Waals surface area contributed by atoms with Crippen LogP contribution in [0.2, 0.25) is 0 Å². The normalized spacial score (nSPS) is 10.9. The molecule has 1 N–H and O–H groups in total. The Morgan fingerprint density at radius 3 is 2.40 bits per heavy atom. The van der Waals surface area contributed by atoms with Crippen molar-refractivity contribution in [3.8, 4) is 11.4 Å². The summed E-state index contributed by atoms with van der Waals surface area (Å²) >= 11 is 0. The van der Waals surface area contributed by atoms with Crippen LogP contribution in [-0.2, 0) is 0 Å². The van der Waals surface area contributed by atoms with E-state index >= 15 is 0 Å². The molecule has 2 aromatic carbocycles. The number of hydrogen-bond donors (Lipinski definition) is 1. The fourth-order valence-electron chi connectivity index (χ4n) is 2.15. The number of H-pyrrole nitrogens is 1. The highest BCUT2D eigenvalue weighted by molar-refractivity contribution is 5.81. The van der Waals surface area contributed by atoms with Crippen LogP contribution in [0.5, 0.6) is 0 Å². The third kappa shape index (κ3) is 2.03. The molecule has 0 unspecified atom stereocenters. The Morgan fingerprint density at radius 1 is 1.10 bits per heavy atom. The topological polar surface area (TPSA) is 71.8 Å². The molecule has 5 nitrogen and oxygen atoms in total. The van der Waals surface area contributed by atoms with E-state index in [2.05, 4.69) is 29.9 Å². The van der Waals surface area contributed by atoms with Gasteiger partial charge >= 0.3 is 0 Å². The van der Waals surface area contributed by atoms with Crippen LogP contribution in [0.25, 0.3) is 22.4 Å². The summed E-state index contributed by atoms with van der Waals surface area (Å²) in [6, 6.07) is 10.5. The standard InChI is InChI=1S/C15H13N3O2/c1-9-7-13-14(8-10(9)2)17-15(16-13)11-3-5-12(6-4-11)18(19)20/h3-8H,1-2H3,(H,16,17). The molecule has 0 fully saturated rings. The second-order valence-corrected chi connectivity index (χ2v) is 4.84. The van der Waals surface area contributed by atoms with E-state index in [0.29, 0.717) is 0 Å². The van der Waals surface area contributed by atoms with E-state index in [1.807, 2.05) is 6.07 Å². The third-order valence-electron chi connectivity index (χ3n) is 3.45. The van der Waals surface area contributed by atoms with Gasteiger partial charge < -0.3 is 4.98 Å². The lowest BCUT2D eigenvalue weighted by atomic mass is 10.1. The van der Waals surface area contributed by atoms with E-state index in [1.165, 1.54) is 23.3 Å². The zero-order valence-corrected chi connectivity index (χ0v) is 11.2. The van der Waals surface area contributed by atoms with Gasteiger partial charge in [-0.1, -0.05) is 0 Å². The van der Waals surface area contributed by atoms with E-state index in [9.17, 15) is 10.1 Å². The molecule has 0 amide bonds. The van der Waals surface area contributed by atoms with Crippen molar-refractivity contribution in [3.05, 3.63) is 57.6 Å². The molecule has 1 heterocycles. The Labute approximate surface area is 115 Å². The van der Waals surface area contributed by atoms with Crippen LogP contribution in [-0.4, -0.2) is 14.9 Å². The number of hydrogen-bond acceptors (Lipinski definition) is 3. The van der Waals surface area contributed by atoms with Crippen LogP contribution < -0.4 is 0 Å². The fraction of sp³-hybridized carbons (Fsp3) is 0.133. The molecule has 0 spiro atoms. The number of rotatable bonds is 2. The molecule has 0 saturated carbocycles. The third-order valence-corrected chi connectivity index (χ3v) is 3.45. The molecule has 3 rings (SSSR count). The molecule has 0 aliphatic carbocycles. The summed E-state index contributed by atoms with van der Waals surface area (Å²) < 4.78 is 0. The maximum atomic E-state index is 10.6. The van der Waals surface area contributed by atoms with Crippen molar-refractivity contribution in [1.29, 1.82) is 0 Å². The van der Waals surface area contributed by atoms with E-state index < -0.39 is 4.92 Å². The summed E-state index contributed by atoms with van der Waals surface area (Å²) in [4.78, 5) is 18.0. The van der Waals surface area contributed by atoms with Crippen LogP contribution in [0.1, 0.15) is 11.1 Å². The molecular weight excluding hydrogens is 254 g/mol. The second-order valence-electron chi connectivity index (χ2n) is 4.84. The molecule has 5 heteroatoms. The fourth-order valence-corrected chi connectivity index (χ4v) is 2.15. The van der Waals surface area contributed by atoms with Gasteiger partial charge in [0.2, 0.25) is 0 Å². The van der Waals surface area contributed by atoms with Crippen molar-refractivity contribution < 1.29 is 4.92 Å². The van der Waals surface area contributed by atoms with Crippen molar-refractivity contribution in [2.24, 2.45) is 0 Å². The molecule has 1 aromatic heterocycles. The number of imidazole rings is 1. The lowest BCUT2D eigenvalue weighted by Crippen LogP contribution is -1.87. The molecule has 0 aliphatic rings. The van der Waals surface area contributed by atoms with Crippen molar-refractivity contribution >= 4 is 16.7 Å². The minimum atomic E-state index is -0.408. The van der Waals surface area contributed by atoms with Crippen LogP contribution in [0.15, 0.2) is 36.4 Å². The Morgan fingerprint density at radius 2 is 1.75 bits per heavy atom. The Bertz CT molecular complexity index is 765. The minimum absolute atomic E-state index is 0.0801. The molecule has 100 valence electrons. The molecule has 3 aromatic rings. The molecule has 0 bridgehead atoms. The highest BCUT2D eigenvalue weighted by atomic mass is 16.6. The average molecular weight is 267 g/mol.